The maximum atomic E-state index is 5.71. The Bertz CT molecular complexity index is 369. The maximum absolute atomic E-state index is 5.71. The first-order chi connectivity index (χ1) is 9.20. The van der Waals surface area contributed by atoms with Gasteiger partial charge >= 0.3 is 0 Å². The average molecular weight is 262 g/mol. The fourth-order valence-electron chi connectivity index (χ4n) is 2.75. The standard InChI is InChI=1S/C16H26N2O/c1-13(2)19-15-8-6-14(7-9-15)16(12-17-3)18-10-4-5-11-18/h6-9,13,16-17H,4-5,10-12H2,1-3H3. The SMILES string of the molecule is CNCC(c1ccc(OC(C)C)cc1)N1CCCC1. The van der Waals surface area contributed by atoms with Gasteiger partial charge in [0.1, 0.15) is 5.75 Å². The van der Waals surface area contributed by atoms with Crippen molar-refractivity contribution in [2.75, 3.05) is 26.7 Å². The third kappa shape index (κ3) is 3.95. The van der Waals surface area contributed by atoms with Crippen molar-refractivity contribution in [3.8, 4) is 5.75 Å². The Morgan fingerprint density at radius 2 is 1.79 bits per heavy atom. The van der Waals surface area contributed by atoms with E-state index in [9.17, 15) is 0 Å². The summed E-state index contributed by atoms with van der Waals surface area (Å²) in [5.41, 5.74) is 1.38. The number of likely N-dealkylation sites (N-methyl/N-ethyl adjacent to an activating group) is 1. The molecule has 1 N–H and O–H groups in total. The Morgan fingerprint density at radius 3 is 2.32 bits per heavy atom. The predicted molar refractivity (Wildman–Crippen MR) is 79.7 cm³/mol. The zero-order valence-electron chi connectivity index (χ0n) is 12.4. The summed E-state index contributed by atoms with van der Waals surface area (Å²) in [7, 11) is 2.03. The smallest absolute Gasteiger partial charge is 0.119 e. The van der Waals surface area contributed by atoms with E-state index in [1.54, 1.807) is 0 Å². The molecule has 1 aromatic rings. The van der Waals surface area contributed by atoms with Crippen LogP contribution in [0.2, 0.25) is 0 Å². The lowest BCUT2D eigenvalue weighted by Gasteiger charge is -2.28. The highest BCUT2D eigenvalue weighted by Crippen LogP contribution is 2.26. The molecule has 0 bridgehead atoms. The highest BCUT2D eigenvalue weighted by molar-refractivity contribution is 5.29. The third-order valence-corrected chi connectivity index (χ3v) is 3.62. The van der Waals surface area contributed by atoms with E-state index < -0.39 is 0 Å². The van der Waals surface area contributed by atoms with Crippen molar-refractivity contribution in [3.05, 3.63) is 29.8 Å². The van der Waals surface area contributed by atoms with E-state index in [4.69, 9.17) is 4.74 Å². The Hall–Kier alpha value is -1.06. The van der Waals surface area contributed by atoms with E-state index in [1.165, 1.54) is 31.5 Å². The van der Waals surface area contributed by atoms with Crippen LogP contribution in [0.25, 0.3) is 0 Å². The molecule has 3 heteroatoms. The monoisotopic (exact) mass is 262 g/mol. The molecule has 106 valence electrons. The van der Waals surface area contributed by atoms with E-state index in [1.807, 2.05) is 7.05 Å². The van der Waals surface area contributed by atoms with Gasteiger partial charge in [-0.25, -0.2) is 0 Å². The fourth-order valence-corrected chi connectivity index (χ4v) is 2.75. The van der Waals surface area contributed by atoms with Crippen molar-refractivity contribution < 1.29 is 4.74 Å². The molecule has 1 aliphatic heterocycles. The summed E-state index contributed by atoms with van der Waals surface area (Å²) < 4.78 is 5.71. The average Bonchev–Trinajstić information content (AvgIpc) is 2.90. The second-order valence-electron chi connectivity index (χ2n) is 5.55. The number of hydrogen-bond acceptors (Lipinski definition) is 3. The number of rotatable bonds is 6. The van der Waals surface area contributed by atoms with Gasteiger partial charge in [-0.3, -0.25) is 4.90 Å². The lowest BCUT2D eigenvalue weighted by atomic mass is 10.1. The quantitative estimate of drug-likeness (QED) is 0.853. The van der Waals surface area contributed by atoms with Crippen LogP contribution in [0.3, 0.4) is 0 Å². The maximum Gasteiger partial charge on any atom is 0.119 e. The van der Waals surface area contributed by atoms with Gasteiger partial charge in [0, 0.05) is 12.6 Å². The van der Waals surface area contributed by atoms with Gasteiger partial charge < -0.3 is 10.1 Å². The van der Waals surface area contributed by atoms with Gasteiger partial charge in [-0.2, -0.15) is 0 Å². The first kappa shape index (κ1) is 14.4. The van der Waals surface area contributed by atoms with Gasteiger partial charge in [0.2, 0.25) is 0 Å². The Labute approximate surface area is 116 Å². The number of nitrogens with zero attached hydrogens (tertiary/aromatic N) is 1. The topological polar surface area (TPSA) is 24.5 Å². The summed E-state index contributed by atoms with van der Waals surface area (Å²) >= 11 is 0. The molecule has 0 spiro atoms. The van der Waals surface area contributed by atoms with Crippen LogP contribution in [0.1, 0.15) is 38.3 Å². The van der Waals surface area contributed by atoms with Crippen molar-refractivity contribution >= 4 is 0 Å². The van der Waals surface area contributed by atoms with Gasteiger partial charge in [-0.15, -0.1) is 0 Å². The minimum Gasteiger partial charge on any atom is -0.491 e. The second kappa shape index (κ2) is 6.92. The molecule has 1 saturated heterocycles. The molecule has 3 nitrogen and oxygen atoms in total. The summed E-state index contributed by atoms with van der Waals surface area (Å²) in [4.78, 5) is 2.58. The van der Waals surface area contributed by atoms with Crippen LogP contribution >= 0.6 is 0 Å². The molecule has 19 heavy (non-hydrogen) atoms. The minimum absolute atomic E-state index is 0.234. The summed E-state index contributed by atoms with van der Waals surface area (Å²) in [6.45, 7) is 7.56. The number of ether oxygens (including phenoxy) is 1. The van der Waals surface area contributed by atoms with Crippen molar-refractivity contribution in [2.24, 2.45) is 0 Å². The summed E-state index contributed by atoms with van der Waals surface area (Å²) in [6, 6.07) is 9.08. The van der Waals surface area contributed by atoms with E-state index >= 15 is 0 Å². The van der Waals surface area contributed by atoms with Crippen molar-refractivity contribution in [3.63, 3.8) is 0 Å². The highest BCUT2D eigenvalue weighted by atomic mass is 16.5. The van der Waals surface area contributed by atoms with E-state index in [0.717, 1.165) is 12.3 Å². The third-order valence-electron chi connectivity index (χ3n) is 3.62. The van der Waals surface area contributed by atoms with Crippen molar-refractivity contribution in [1.29, 1.82) is 0 Å². The van der Waals surface area contributed by atoms with Gasteiger partial charge in [-0.05, 0) is 64.5 Å². The predicted octanol–water partition coefficient (Wildman–Crippen LogP) is 2.83. The lowest BCUT2D eigenvalue weighted by Crippen LogP contribution is -2.32. The molecule has 0 amide bonds. The van der Waals surface area contributed by atoms with E-state index in [0.29, 0.717) is 6.04 Å². The highest BCUT2D eigenvalue weighted by Gasteiger charge is 2.22. The molecular formula is C16H26N2O. The first-order valence-corrected chi connectivity index (χ1v) is 7.36. The number of nitrogens with one attached hydrogen (secondary N) is 1. The van der Waals surface area contributed by atoms with Crippen LogP contribution in [0.15, 0.2) is 24.3 Å². The van der Waals surface area contributed by atoms with Crippen LogP contribution in [0.5, 0.6) is 5.75 Å². The van der Waals surface area contributed by atoms with Crippen LogP contribution < -0.4 is 10.1 Å². The van der Waals surface area contributed by atoms with E-state index in [2.05, 4.69) is 48.3 Å². The minimum atomic E-state index is 0.234. The normalized spacial score (nSPS) is 17.9. The number of hydrogen-bond donors (Lipinski definition) is 1. The summed E-state index contributed by atoms with van der Waals surface area (Å²) in [5.74, 6) is 0.961. The molecule has 1 unspecified atom stereocenters. The molecule has 1 aromatic carbocycles. The van der Waals surface area contributed by atoms with Crippen molar-refractivity contribution in [1.82, 2.24) is 10.2 Å². The molecule has 0 aliphatic carbocycles. The van der Waals surface area contributed by atoms with Crippen LogP contribution in [-0.2, 0) is 0 Å². The van der Waals surface area contributed by atoms with Gasteiger partial charge in [0.25, 0.3) is 0 Å². The fraction of sp³-hybridized carbons (Fsp3) is 0.625. The Morgan fingerprint density at radius 1 is 1.16 bits per heavy atom. The lowest BCUT2D eigenvalue weighted by molar-refractivity contribution is 0.237. The number of benzene rings is 1. The molecule has 0 saturated carbocycles. The van der Waals surface area contributed by atoms with Crippen molar-refractivity contribution in [2.45, 2.75) is 38.8 Å². The Balaban J connectivity index is 2.08. The second-order valence-corrected chi connectivity index (χ2v) is 5.55. The molecule has 1 heterocycles. The molecule has 0 radical (unpaired) electrons. The zero-order chi connectivity index (χ0) is 13.7. The van der Waals surface area contributed by atoms with Crippen LogP contribution in [0.4, 0.5) is 0 Å². The molecule has 1 fully saturated rings. The van der Waals surface area contributed by atoms with Gasteiger partial charge in [0.05, 0.1) is 6.10 Å². The summed E-state index contributed by atoms with van der Waals surface area (Å²) in [6.07, 6.45) is 2.89. The molecule has 1 atom stereocenters. The van der Waals surface area contributed by atoms with Gasteiger partial charge in [0.15, 0.2) is 0 Å². The van der Waals surface area contributed by atoms with E-state index in [-0.39, 0.29) is 6.10 Å². The molecule has 2 rings (SSSR count). The molecular weight excluding hydrogens is 236 g/mol. The number of likely N-dealkylation sites (tertiary alicyclic amines) is 1. The van der Waals surface area contributed by atoms with Crippen LogP contribution in [-0.4, -0.2) is 37.7 Å². The molecule has 1 aliphatic rings. The first-order valence-electron chi connectivity index (χ1n) is 7.36. The Kier molecular flexibility index (Phi) is 5.23. The van der Waals surface area contributed by atoms with Gasteiger partial charge in [-0.1, -0.05) is 12.1 Å². The zero-order valence-corrected chi connectivity index (χ0v) is 12.4. The molecule has 0 aromatic heterocycles. The summed E-state index contributed by atoms with van der Waals surface area (Å²) in [5, 5.41) is 3.32. The van der Waals surface area contributed by atoms with Crippen LogP contribution in [0, 0.1) is 0 Å². The largest absolute Gasteiger partial charge is 0.491 e.